The van der Waals surface area contributed by atoms with Gasteiger partial charge in [0, 0.05) is 11.0 Å². The lowest BCUT2D eigenvalue weighted by atomic mass is 9.43. The number of carbonyl (C=O) groups excluding carboxylic acids is 1. The molecule has 4 fully saturated rings. The van der Waals surface area contributed by atoms with Crippen molar-refractivity contribution in [3.05, 3.63) is 11.6 Å². The van der Waals surface area contributed by atoms with Crippen LogP contribution in [0.25, 0.3) is 0 Å². The Morgan fingerprint density at radius 1 is 1.03 bits per heavy atom. The molecule has 0 aliphatic heterocycles. The molecule has 0 amide bonds. The highest BCUT2D eigenvalue weighted by Gasteiger charge is 2.66. The highest BCUT2D eigenvalue weighted by atomic mass is 16.5. The molecule has 4 aliphatic rings. The standard InChI is InChI=1S/C26H42O4/c1-5-17(23(28)30-6-2)15-19-9-14-26(29)22-8-7-18-16-20(27)10-12-24(18,3)21(22)11-13-25(19,26)4/h15,18-22,27,29H,5-14,16H2,1-4H3/b17-15+/t18-,19-,20-,21+,22-,24+,25-,26+/m1/s1. The Morgan fingerprint density at radius 3 is 2.50 bits per heavy atom. The van der Waals surface area contributed by atoms with Crippen molar-refractivity contribution in [1.82, 2.24) is 0 Å². The molecule has 0 bridgehead atoms. The van der Waals surface area contributed by atoms with Gasteiger partial charge < -0.3 is 14.9 Å². The molecule has 0 heterocycles. The highest BCUT2D eigenvalue weighted by Crippen LogP contribution is 2.69. The number of aliphatic hydroxyl groups is 2. The minimum Gasteiger partial charge on any atom is -0.463 e. The van der Waals surface area contributed by atoms with Gasteiger partial charge in [-0.15, -0.1) is 0 Å². The molecule has 0 saturated heterocycles. The fraction of sp³-hybridized carbons (Fsp3) is 0.885. The molecule has 0 spiro atoms. The third-order valence-electron chi connectivity index (χ3n) is 10.2. The fourth-order valence-corrected chi connectivity index (χ4v) is 8.31. The van der Waals surface area contributed by atoms with Crippen LogP contribution in [-0.2, 0) is 9.53 Å². The van der Waals surface area contributed by atoms with Crippen molar-refractivity contribution in [3.8, 4) is 0 Å². The topological polar surface area (TPSA) is 66.8 Å². The fourth-order valence-electron chi connectivity index (χ4n) is 8.31. The Hall–Kier alpha value is -0.870. The molecule has 4 saturated carbocycles. The van der Waals surface area contributed by atoms with Crippen molar-refractivity contribution in [2.45, 2.75) is 104 Å². The molecule has 0 unspecified atom stereocenters. The van der Waals surface area contributed by atoms with Crippen LogP contribution in [0.1, 0.15) is 91.9 Å². The van der Waals surface area contributed by atoms with E-state index in [4.69, 9.17) is 4.74 Å². The van der Waals surface area contributed by atoms with Crippen molar-refractivity contribution in [2.75, 3.05) is 6.61 Å². The summed E-state index contributed by atoms with van der Waals surface area (Å²) in [7, 11) is 0. The molecule has 4 rings (SSSR count). The van der Waals surface area contributed by atoms with Crippen LogP contribution in [0.15, 0.2) is 11.6 Å². The van der Waals surface area contributed by atoms with Gasteiger partial charge in [0.05, 0.1) is 18.3 Å². The van der Waals surface area contributed by atoms with Gasteiger partial charge in [0.25, 0.3) is 0 Å². The Kier molecular flexibility index (Phi) is 5.89. The van der Waals surface area contributed by atoms with E-state index in [0.29, 0.717) is 30.8 Å². The van der Waals surface area contributed by atoms with Crippen molar-refractivity contribution < 1.29 is 19.7 Å². The Morgan fingerprint density at radius 2 is 1.80 bits per heavy atom. The zero-order valence-electron chi connectivity index (χ0n) is 19.5. The van der Waals surface area contributed by atoms with Crippen LogP contribution in [0.2, 0.25) is 0 Å². The van der Waals surface area contributed by atoms with Gasteiger partial charge in [-0.05, 0) is 100 Å². The monoisotopic (exact) mass is 418 g/mol. The van der Waals surface area contributed by atoms with E-state index in [1.807, 2.05) is 13.8 Å². The second-order valence-electron chi connectivity index (χ2n) is 11.2. The first-order chi connectivity index (χ1) is 14.2. The Bertz CT molecular complexity index is 701. The van der Waals surface area contributed by atoms with E-state index >= 15 is 0 Å². The summed E-state index contributed by atoms with van der Waals surface area (Å²) in [6.45, 7) is 9.01. The van der Waals surface area contributed by atoms with Crippen molar-refractivity contribution in [3.63, 3.8) is 0 Å². The van der Waals surface area contributed by atoms with Crippen LogP contribution in [0.3, 0.4) is 0 Å². The van der Waals surface area contributed by atoms with Gasteiger partial charge >= 0.3 is 5.97 Å². The molecule has 170 valence electrons. The average molecular weight is 419 g/mol. The summed E-state index contributed by atoms with van der Waals surface area (Å²) in [6.07, 6.45) is 11.9. The quantitative estimate of drug-likeness (QED) is 0.497. The average Bonchev–Trinajstić information content (AvgIpc) is 2.97. The first-order valence-electron chi connectivity index (χ1n) is 12.5. The molecule has 4 nitrogen and oxygen atoms in total. The van der Waals surface area contributed by atoms with E-state index in [9.17, 15) is 15.0 Å². The summed E-state index contributed by atoms with van der Waals surface area (Å²) in [5.74, 6) is 1.55. The number of allylic oxidation sites excluding steroid dienone is 1. The van der Waals surface area contributed by atoms with E-state index in [1.165, 1.54) is 0 Å². The Balaban J connectivity index is 1.61. The largest absolute Gasteiger partial charge is 0.463 e. The van der Waals surface area contributed by atoms with Crippen LogP contribution < -0.4 is 0 Å². The molecule has 0 radical (unpaired) electrons. The Labute approximate surface area is 182 Å². The minimum absolute atomic E-state index is 0.132. The summed E-state index contributed by atoms with van der Waals surface area (Å²) >= 11 is 0. The smallest absolute Gasteiger partial charge is 0.333 e. The predicted molar refractivity (Wildman–Crippen MR) is 118 cm³/mol. The van der Waals surface area contributed by atoms with Crippen molar-refractivity contribution >= 4 is 5.97 Å². The minimum atomic E-state index is -0.644. The number of aliphatic hydroxyl groups excluding tert-OH is 1. The van der Waals surface area contributed by atoms with Crippen LogP contribution in [0, 0.1) is 34.5 Å². The molecular formula is C26H42O4. The summed E-state index contributed by atoms with van der Waals surface area (Å²) < 4.78 is 5.28. The lowest BCUT2D eigenvalue weighted by molar-refractivity contribution is -0.207. The van der Waals surface area contributed by atoms with Crippen molar-refractivity contribution in [1.29, 1.82) is 0 Å². The molecular weight excluding hydrogens is 376 g/mol. The number of hydrogen-bond donors (Lipinski definition) is 2. The molecule has 0 aromatic rings. The third-order valence-corrected chi connectivity index (χ3v) is 10.2. The van der Waals surface area contributed by atoms with Gasteiger partial charge in [0.1, 0.15) is 0 Å². The number of carbonyl (C=O) groups is 1. The van der Waals surface area contributed by atoms with Gasteiger partial charge in [-0.3, -0.25) is 0 Å². The number of esters is 1. The summed E-state index contributed by atoms with van der Waals surface area (Å²) in [4.78, 5) is 12.4. The van der Waals surface area contributed by atoms with Crippen LogP contribution in [-0.4, -0.2) is 34.5 Å². The SMILES string of the molecule is CCOC(=O)/C(=C/[C@H]1CC[C@]2(O)[C@@H]3CC[C@@H]4C[C@H](O)CC[C@]4(C)[C@H]3CC[C@]12C)CC. The summed E-state index contributed by atoms with van der Waals surface area (Å²) in [6, 6.07) is 0. The maximum Gasteiger partial charge on any atom is 0.333 e. The number of hydrogen-bond acceptors (Lipinski definition) is 4. The zero-order chi connectivity index (χ0) is 21.7. The molecule has 4 heteroatoms. The molecule has 4 aliphatic carbocycles. The van der Waals surface area contributed by atoms with E-state index in [2.05, 4.69) is 19.9 Å². The van der Waals surface area contributed by atoms with Gasteiger partial charge in [-0.25, -0.2) is 4.79 Å². The van der Waals surface area contributed by atoms with E-state index < -0.39 is 5.60 Å². The van der Waals surface area contributed by atoms with E-state index in [-0.39, 0.29) is 28.8 Å². The van der Waals surface area contributed by atoms with Crippen LogP contribution >= 0.6 is 0 Å². The van der Waals surface area contributed by atoms with Crippen LogP contribution in [0.5, 0.6) is 0 Å². The zero-order valence-corrected chi connectivity index (χ0v) is 19.5. The molecule has 30 heavy (non-hydrogen) atoms. The first-order valence-corrected chi connectivity index (χ1v) is 12.5. The first kappa shape index (κ1) is 22.3. The maximum absolute atomic E-state index is 12.4. The van der Waals surface area contributed by atoms with Crippen LogP contribution in [0.4, 0.5) is 0 Å². The molecule has 8 atom stereocenters. The lowest BCUT2D eigenvalue weighted by Crippen LogP contribution is -2.62. The van der Waals surface area contributed by atoms with Gasteiger partial charge in [-0.2, -0.15) is 0 Å². The highest BCUT2D eigenvalue weighted by molar-refractivity contribution is 5.88. The number of ether oxygens (including phenoxy) is 1. The third kappa shape index (κ3) is 3.20. The van der Waals surface area contributed by atoms with Gasteiger partial charge in [-0.1, -0.05) is 26.8 Å². The second-order valence-corrected chi connectivity index (χ2v) is 11.2. The normalized spacial score (nSPS) is 48.5. The molecule has 2 N–H and O–H groups in total. The van der Waals surface area contributed by atoms with E-state index in [0.717, 1.165) is 63.4 Å². The van der Waals surface area contributed by atoms with Crippen molar-refractivity contribution in [2.24, 2.45) is 34.5 Å². The lowest BCUT2D eigenvalue weighted by Gasteiger charge is -2.63. The summed E-state index contributed by atoms with van der Waals surface area (Å²) in [5, 5.41) is 22.5. The predicted octanol–water partition coefficient (Wildman–Crippen LogP) is 5.02. The molecule has 0 aromatic carbocycles. The van der Waals surface area contributed by atoms with Gasteiger partial charge in [0.15, 0.2) is 0 Å². The van der Waals surface area contributed by atoms with E-state index in [1.54, 1.807) is 0 Å². The summed E-state index contributed by atoms with van der Waals surface area (Å²) in [5.41, 5.74) is 0.214. The molecule has 0 aromatic heterocycles. The number of rotatable bonds is 4. The maximum atomic E-state index is 12.4. The second kappa shape index (κ2) is 7.92. The van der Waals surface area contributed by atoms with Gasteiger partial charge in [0.2, 0.25) is 0 Å². The number of fused-ring (bicyclic) bond motifs is 5.